The third kappa shape index (κ3) is 4.68. The quantitative estimate of drug-likeness (QED) is 0.323. The highest BCUT2D eigenvalue weighted by molar-refractivity contribution is 6.45. The molecule has 1 aliphatic heterocycles. The minimum atomic E-state index is -0.891. The number of H-pyrrole nitrogens is 1. The van der Waals surface area contributed by atoms with Crippen LogP contribution in [0, 0.1) is 5.82 Å². The first-order valence-electron chi connectivity index (χ1n) is 11.6. The van der Waals surface area contributed by atoms with Crippen LogP contribution in [0.5, 0.6) is 0 Å². The number of amides is 3. The summed E-state index contributed by atoms with van der Waals surface area (Å²) in [5.74, 6) is -3.09. The normalized spacial score (nSPS) is 13.4. The number of carbonyl (C=O) groups excluding carboxylic acids is 4. The predicted molar refractivity (Wildman–Crippen MR) is 134 cm³/mol. The van der Waals surface area contributed by atoms with Crippen LogP contribution in [0.15, 0.2) is 73.2 Å². The Morgan fingerprint density at radius 2 is 1.59 bits per heavy atom. The third-order valence-corrected chi connectivity index (χ3v) is 6.26. The minimum Gasteiger partial charge on any atom is -0.360 e. The standard InChI is InChI=1S/C27H22FN5O4/c28-21-9-8-19(25(35)31-18-7-4-10-29-15-18)23-22(21)20(16-30-23)24(34)27(37)33-13-11-32(12-14-33)26(36)17-5-2-1-3-6-17/h1-10,15-16,30H,11-14H2,(H,31,35). The van der Waals surface area contributed by atoms with Gasteiger partial charge in [-0.25, -0.2) is 4.39 Å². The lowest BCUT2D eigenvalue weighted by atomic mass is 10.0. The zero-order valence-electron chi connectivity index (χ0n) is 19.6. The van der Waals surface area contributed by atoms with Crippen molar-refractivity contribution >= 4 is 40.1 Å². The first-order valence-corrected chi connectivity index (χ1v) is 11.6. The molecule has 0 saturated carbocycles. The van der Waals surface area contributed by atoms with Gasteiger partial charge < -0.3 is 20.1 Å². The summed E-state index contributed by atoms with van der Waals surface area (Å²) in [5.41, 5.74) is 1.07. The maximum absolute atomic E-state index is 14.8. The second-order valence-electron chi connectivity index (χ2n) is 8.52. The summed E-state index contributed by atoms with van der Waals surface area (Å²) in [4.78, 5) is 61.3. The van der Waals surface area contributed by atoms with Gasteiger partial charge in [-0.3, -0.25) is 24.2 Å². The molecule has 3 amide bonds. The number of hydrogen-bond acceptors (Lipinski definition) is 5. The molecule has 0 aliphatic carbocycles. The number of fused-ring (bicyclic) bond motifs is 1. The highest BCUT2D eigenvalue weighted by Gasteiger charge is 2.31. The van der Waals surface area contributed by atoms with Crippen LogP contribution in [0.1, 0.15) is 31.1 Å². The van der Waals surface area contributed by atoms with Gasteiger partial charge in [0.2, 0.25) is 0 Å². The Labute approximate surface area is 210 Å². The summed E-state index contributed by atoms with van der Waals surface area (Å²) in [5, 5.41) is 2.54. The van der Waals surface area contributed by atoms with E-state index in [1.165, 1.54) is 23.4 Å². The maximum atomic E-state index is 14.8. The number of piperazine rings is 1. The van der Waals surface area contributed by atoms with Crippen molar-refractivity contribution in [2.24, 2.45) is 0 Å². The van der Waals surface area contributed by atoms with E-state index in [2.05, 4.69) is 15.3 Å². The molecular formula is C27H22FN5O4. The summed E-state index contributed by atoms with van der Waals surface area (Å²) >= 11 is 0. The number of anilines is 1. The lowest BCUT2D eigenvalue weighted by Crippen LogP contribution is -2.52. The van der Waals surface area contributed by atoms with E-state index in [-0.39, 0.29) is 54.1 Å². The molecule has 2 aromatic carbocycles. The van der Waals surface area contributed by atoms with Gasteiger partial charge in [-0.15, -0.1) is 0 Å². The van der Waals surface area contributed by atoms with Crippen molar-refractivity contribution in [1.29, 1.82) is 0 Å². The van der Waals surface area contributed by atoms with E-state index in [0.29, 0.717) is 11.3 Å². The van der Waals surface area contributed by atoms with E-state index in [4.69, 9.17) is 0 Å². The Morgan fingerprint density at radius 3 is 2.30 bits per heavy atom. The Morgan fingerprint density at radius 1 is 0.865 bits per heavy atom. The number of nitrogens with zero attached hydrogens (tertiary/aromatic N) is 3. The van der Waals surface area contributed by atoms with E-state index in [1.54, 1.807) is 47.5 Å². The van der Waals surface area contributed by atoms with Crippen LogP contribution in [0.3, 0.4) is 0 Å². The molecular weight excluding hydrogens is 477 g/mol. The van der Waals surface area contributed by atoms with E-state index < -0.39 is 23.4 Å². The molecule has 5 rings (SSSR count). The Kier molecular flexibility index (Phi) is 6.46. The van der Waals surface area contributed by atoms with E-state index in [1.807, 2.05) is 6.07 Å². The number of pyridine rings is 1. The Hall–Kier alpha value is -4.86. The van der Waals surface area contributed by atoms with Crippen molar-refractivity contribution in [1.82, 2.24) is 19.8 Å². The van der Waals surface area contributed by atoms with Gasteiger partial charge in [0.1, 0.15) is 5.82 Å². The van der Waals surface area contributed by atoms with Crippen LogP contribution < -0.4 is 5.32 Å². The summed E-state index contributed by atoms with van der Waals surface area (Å²) < 4.78 is 14.8. The molecule has 1 aliphatic rings. The molecule has 0 bridgehead atoms. The number of aromatic nitrogens is 2. The molecule has 0 radical (unpaired) electrons. The van der Waals surface area contributed by atoms with Crippen molar-refractivity contribution < 1.29 is 23.6 Å². The number of hydrogen-bond donors (Lipinski definition) is 2. The molecule has 3 heterocycles. The molecule has 4 aromatic rings. The van der Waals surface area contributed by atoms with Crippen molar-refractivity contribution in [2.45, 2.75) is 0 Å². The van der Waals surface area contributed by atoms with Gasteiger partial charge in [0, 0.05) is 49.5 Å². The van der Waals surface area contributed by atoms with Crippen LogP contribution in [0.4, 0.5) is 10.1 Å². The molecule has 1 fully saturated rings. The van der Waals surface area contributed by atoms with E-state index in [0.717, 1.165) is 6.07 Å². The van der Waals surface area contributed by atoms with E-state index >= 15 is 0 Å². The molecule has 10 heteroatoms. The van der Waals surface area contributed by atoms with Gasteiger partial charge in [-0.05, 0) is 36.4 Å². The molecule has 186 valence electrons. The molecule has 0 spiro atoms. The molecule has 0 atom stereocenters. The first kappa shape index (κ1) is 23.9. The van der Waals surface area contributed by atoms with Gasteiger partial charge in [-0.1, -0.05) is 18.2 Å². The number of rotatable bonds is 5. The largest absolute Gasteiger partial charge is 0.360 e. The van der Waals surface area contributed by atoms with Crippen molar-refractivity contribution in [3.05, 3.63) is 95.7 Å². The zero-order valence-corrected chi connectivity index (χ0v) is 19.6. The second kappa shape index (κ2) is 10.0. The Bertz CT molecular complexity index is 1500. The van der Waals surface area contributed by atoms with Gasteiger partial charge in [0.15, 0.2) is 0 Å². The van der Waals surface area contributed by atoms with Crippen LogP contribution in [0.25, 0.3) is 10.9 Å². The van der Waals surface area contributed by atoms with Gasteiger partial charge in [-0.2, -0.15) is 0 Å². The number of benzene rings is 2. The number of ketones is 1. The fourth-order valence-electron chi connectivity index (χ4n) is 4.35. The highest BCUT2D eigenvalue weighted by Crippen LogP contribution is 2.27. The maximum Gasteiger partial charge on any atom is 0.295 e. The summed E-state index contributed by atoms with van der Waals surface area (Å²) in [7, 11) is 0. The number of nitrogens with one attached hydrogen (secondary N) is 2. The molecule has 9 nitrogen and oxygen atoms in total. The summed E-state index contributed by atoms with van der Waals surface area (Å²) in [6.45, 7) is 0.890. The van der Waals surface area contributed by atoms with Crippen molar-refractivity contribution in [2.75, 3.05) is 31.5 Å². The first-order chi connectivity index (χ1) is 17.9. The number of carbonyl (C=O) groups is 4. The topological polar surface area (TPSA) is 115 Å². The summed E-state index contributed by atoms with van der Waals surface area (Å²) in [6, 6.07) is 14.5. The molecule has 2 N–H and O–H groups in total. The van der Waals surface area contributed by atoms with Gasteiger partial charge >= 0.3 is 0 Å². The zero-order chi connectivity index (χ0) is 25.9. The van der Waals surface area contributed by atoms with Crippen LogP contribution in [0.2, 0.25) is 0 Å². The van der Waals surface area contributed by atoms with E-state index in [9.17, 15) is 23.6 Å². The van der Waals surface area contributed by atoms with Crippen LogP contribution in [-0.2, 0) is 4.79 Å². The number of Topliss-reactive ketones (excluding diaryl/α,β-unsaturated/α-hetero) is 1. The predicted octanol–water partition coefficient (Wildman–Crippen LogP) is 3.12. The lowest BCUT2D eigenvalue weighted by Gasteiger charge is -2.34. The van der Waals surface area contributed by atoms with Crippen LogP contribution in [-0.4, -0.2) is 69.5 Å². The monoisotopic (exact) mass is 499 g/mol. The van der Waals surface area contributed by atoms with Crippen molar-refractivity contribution in [3.8, 4) is 0 Å². The van der Waals surface area contributed by atoms with Crippen LogP contribution >= 0.6 is 0 Å². The second-order valence-corrected chi connectivity index (χ2v) is 8.52. The van der Waals surface area contributed by atoms with Crippen molar-refractivity contribution in [3.63, 3.8) is 0 Å². The Balaban J connectivity index is 1.32. The average Bonchev–Trinajstić information content (AvgIpc) is 3.39. The summed E-state index contributed by atoms with van der Waals surface area (Å²) in [6.07, 6.45) is 4.27. The van der Waals surface area contributed by atoms with Gasteiger partial charge in [0.05, 0.1) is 28.5 Å². The minimum absolute atomic E-state index is 0.107. The average molecular weight is 500 g/mol. The SMILES string of the molecule is O=C(Nc1cccnc1)c1ccc(F)c2c(C(=O)C(=O)N3CCN(C(=O)c4ccccc4)CC3)c[nH]c12. The lowest BCUT2D eigenvalue weighted by molar-refractivity contribution is -0.127. The molecule has 0 unspecified atom stereocenters. The molecule has 37 heavy (non-hydrogen) atoms. The number of aromatic amines is 1. The third-order valence-electron chi connectivity index (χ3n) is 6.26. The fraction of sp³-hybridized carbons (Fsp3) is 0.148. The fourth-order valence-corrected chi connectivity index (χ4v) is 4.35. The smallest absolute Gasteiger partial charge is 0.295 e. The number of halogens is 1. The highest BCUT2D eigenvalue weighted by atomic mass is 19.1. The molecule has 2 aromatic heterocycles. The van der Waals surface area contributed by atoms with Gasteiger partial charge in [0.25, 0.3) is 23.5 Å². The molecule has 1 saturated heterocycles.